The lowest BCUT2D eigenvalue weighted by atomic mass is 10.0. The van der Waals surface area contributed by atoms with Crippen LogP contribution in [0.2, 0.25) is 0 Å². The van der Waals surface area contributed by atoms with Crippen molar-refractivity contribution < 1.29 is 54.3 Å². The summed E-state index contributed by atoms with van der Waals surface area (Å²) in [5, 5.41) is 0.645. The predicted molar refractivity (Wildman–Crippen MR) is 160 cm³/mol. The van der Waals surface area contributed by atoms with E-state index in [-0.39, 0.29) is 28.2 Å². The van der Waals surface area contributed by atoms with Gasteiger partial charge in [-0.2, -0.15) is 26.3 Å². The lowest BCUT2D eigenvalue weighted by Crippen LogP contribution is -2.21. The Morgan fingerprint density at radius 3 is 1.49 bits per heavy atom. The van der Waals surface area contributed by atoms with E-state index in [1.54, 1.807) is 6.07 Å². The zero-order valence-electron chi connectivity index (χ0n) is 24.9. The molecule has 49 heavy (non-hydrogen) atoms. The second kappa shape index (κ2) is 16.0. The number of primary amides is 2. The van der Waals surface area contributed by atoms with E-state index in [0.29, 0.717) is 17.8 Å². The number of rotatable bonds is 5. The number of carbonyl (C=O) groups is 4. The third-order valence-electron chi connectivity index (χ3n) is 5.82. The molecule has 10 nitrogen and oxygen atoms in total. The SMILES string of the molecule is Cc1cc(F)c(C(=O)Cl)c(C(F)(F)F)c1.Cc1cc(F)c(C(=O)Nc2ccc(C(N)=O)nc2)c(C(F)(F)F)c1.NC(=O)c1ccc(N)cn1. The Balaban J connectivity index is 0.000000283. The molecule has 4 rings (SSSR count). The molecule has 2 heterocycles. The van der Waals surface area contributed by atoms with Crippen LogP contribution in [0.1, 0.15) is 63.9 Å². The van der Waals surface area contributed by atoms with E-state index < -0.39 is 69.2 Å². The molecule has 2 aromatic carbocycles. The minimum absolute atomic E-state index is 0.0156. The van der Waals surface area contributed by atoms with Gasteiger partial charge in [0.25, 0.3) is 23.0 Å². The molecule has 0 saturated carbocycles. The van der Waals surface area contributed by atoms with E-state index in [1.165, 1.54) is 38.2 Å². The fraction of sp³-hybridized carbons (Fsp3) is 0.133. The Bertz CT molecular complexity index is 1870. The molecule has 0 fully saturated rings. The van der Waals surface area contributed by atoms with Crippen molar-refractivity contribution in [3.63, 3.8) is 0 Å². The maximum atomic E-state index is 13.9. The van der Waals surface area contributed by atoms with Crippen LogP contribution < -0.4 is 22.5 Å². The van der Waals surface area contributed by atoms with E-state index in [2.05, 4.69) is 15.3 Å². The van der Waals surface area contributed by atoms with Crippen LogP contribution in [0.3, 0.4) is 0 Å². The number of nitrogens with one attached hydrogen (secondary N) is 1. The van der Waals surface area contributed by atoms with Gasteiger partial charge in [-0.05, 0) is 85.1 Å². The molecular weight excluding hydrogens is 696 g/mol. The standard InChI is InChI=1S/C15H11F4N3O2.C9H5ClF4O.C6H7N3O/c1-7-4-9(15(17,18)19)12(10(16)5-7)14(24)22-8-2-3-11(13(20)23)21-6-8;1-4-2-5(9(12,13)14)7(8(10)15)6(11)3-4;7-4-1-2-5(6(8)10)9-3-4/h2-6H,1H3,(H2,20,23)(H,22,24);2-3H,1H3;1-3H,7H2,(H2,8,10). The molecule has 260 valence electrons. The summed E-state index contributed by atoms with van der Waals surface area (Å²) in [5.74, 6) is -5.19. The number of hydrogen-bond donors (Lipinski definition) is 4. The number of hydrogen-bond acceptors (Lipinski definition) is 7. The molecule has 0 atom stereocenters. The van der Waals surface area contributed by atoms with Gasteiger partial charge in [-0.25, -0.2) is 18.7 Å². The highest BCUT2D eigenvalue weighted by atomic mass is 35.5. The van der Waals surface area contributed by atoms with E-state index in [9.17, 15) is 54.3 Å². The summed E-state index contributed by atoms with van der Waals surface area (Å²) in [4.78, 5) is 51.4. The highest BCUT2D eigenvalue weighted by molar-refractivity contribution is 6.68. The fourth-order valence-electron chi connectivity index (χ4n) is 3.72. The molecule has 0 aliphatic rings. The van der Waals surface area contributed by atoms with Crippen molar-refractivity contribution in [1.82, 2.24) is 9.97 Å². The Kier molecular flexibility index (Phi) is 12.9. The van der Waals surface area contributed by atoms with Gasteiger partial charge in [0.1, 0.15) is 23.0 Å². The first-order valence-electron chi connectivity index (χ1n) is 13.1. The highest BCUT2D eigenvalue weighted by Crippen LogP contribution is 2.35. The average molecular weight is 719 g/mol. The lowest BCUT2D eigenvalue weighted by molar-refractivity contribution is -0.138. The van der Waals surface area contributed by atoms with Crippen molar-refractivity contribution in [2.75, 3.05) is 11.1 Å². The van der Waals surface area contributed by atoms with Crippen LogP contribution in [-0.4, -0.2) is 32.9 Å². The van der Waals surface area contributed by atoms with Crippen LogP contribution in [0.15, 0.2) is 60.9 Å². The van der Waals surface area contributed by atoms with Crippen LogP contribution in [0, 0.1) is 25.5 Å². The van der Waals surface area contributed by atoms with Gasteiger partial charge in [-0.1, -0.05) is 0 Å². The number of halogens is 9. The normalized spacial score (nSPS) is 10.9. The predicted octanol–water partition coefficient (Wildman–Crippen LogP) is 6.19. The summed E-state index contributed by atoms with van der Waals surface area (Å²) in [6.45, 7) is 2.58. The number of amides is 3. The van der Waals surface area contributed by atoms with Crippen LogP contribution in [-0.2, 0) is 12.4 Å². The van der Waals surface area contributed by atoms with Crippen molar-refractivity contribution in [3.05, 3.63) is 117 Å². The minimum atomic E-state index is -4.90. The molecule has 19 heteroatoms. The van der Waals surface area contributed by atoms with Gasteiger partial charge in [-0.3, -0.25) is 19.2 Å². The molecule has 2 aromatic heterocycles. The molecule has 0 saturated heterocycles. The number of pyridine rings is 2. The van der Waals surface area contributed by atoms with Gasteiger partial charge in [-0.15, -0.1) is 0 Å². The van der Waals surface area contributed by atoms with E-state index in [4.69, 9.17) is 28.8 Å². The number of nitrogens with two attached hydrogens (primary N) is 3. The maximum absolute atomic E-state index is 13.9. The summed E-state index contributed by atoms with van der Waals surface area (Å²) >= 11 is 4.89. The Hall–Kier alpha value is -5.65. The number of nitrogens with zero attached hydrogens (tertiary/aromatic N) is 2. The van der Waals surface area contributed by atoms with Gasteiger partial charge in [0.15, 0.2) is 0 Å². The smallest absolute Gasteiger partial charge is 0.397 e. The van der Waals surface area contributed by atoms with Crippen LogP contribution in [0.4, 0.5) is 46.5 Å². The largest absolute Gasteiger partial charge is 0.417 e. The summed E-state index contributed by atoms with van der Waals surface area (Å²) < 4.78 is 103. The van der Waals surface area contributed by atoms with Gasteiger partial charge in [0.05, 0.1) is 46.0 Å². The summed E-state index contributed by atoms with van der Waals surface area (Å²) in [7, 11) is 0. The number of alkyl halides is 6. The topological polar surface area (TPSA) is 184 Å². The van der Waals surface area contributed by atoms with Gasteiger partial charge in [0.2, 0.25) is 0 Å². The molecular formula is C30H23ClF8N6O4. The van der Waals surface area contributed by atoms with Crippen LogP contribution in [0.25, 0.3) is 0 Å². The third kappa shape index (κ3) is 11.2. The van der Waals surface area contributed by atoms with Crippen molar-refractivity contribution >= 4 is 45.9 Å². The molecule has 7 N–H and O–H groups in total. The Morgan fingerprint density at radius 2 is 1.12 bits per heavy atom. The lowest BCUT2D eigenvalue weighted by Gasteiger charge is -2.14. The first-order chi connectivity index (χ1) is 22.5. The van der Waals surface area contributed by atoms with Gasteiger partial charge < -0.3 is 22.5 Å². The van der Waals surface area contributed by atoms with Gasteiger partial charge in [0, 0.05) is 0 Å². The Labute approximate surface area is 276 Å². The second-order valence-electron chi connectivity index (χ2n) is 9.70. The molecule has 0 aliphatic carbocycles. The van der Waals surface area contributed by atoms with E-state index in [0.717, 1.165) is 18.3 Å². The van der Waals surface area contributed by atoms with Crippen molar-refractivity contribution in [2.24, 2.45) is 11.5 Å². The third-order valence-corrected chi connectivity index (χ3v) is 6.01. The number of anilines is 2. The molecule has 0 spiro atoms. The minimum Gasteiger partial charge on any atom is -0.397 e. The summed E-state index contributed by atoms with van der Waals surface area (Å²) in [6.07, 6.45) is -7.28. The fourth-order valence-corrected chi connectivity index (χ4v) is 3.91. The molecule has 0 bridgehead atoms. The van der Waals surface area contributed by atoms with E-state index in [1.807, 2.05) is 0 Å². The van der Waals surface area contributed by atoms with E-state index >= 15 is 0 Å². The van der Waals surface area contributed by atoms with Crippen LogP contribution >= 0.6 is 11.6 Å². The number of benzene rings is 2. The maximum Gasteiger partial charge on any atom is 0.417 e. The second-order valence-corrected chi connectivity index (χ2v) is 10.0. The number of nitrogen functional groups attached to an aromatic ring is 1. The monoisotopic (exact) mass is 718 g/mol. The summed E-state index contributed by atoms with van der Waals surface area (Å²) in [6, 6.07) is 8.47. The number of aryl methyl sites for hydroxylation is 2. The zero-order chi connectivity index (χ0) is 37.4. The molecule has 3 amide bonds. The zero-order valence-corrected chi connectivity index (χ0v) is 25.7. The average Bonchev–Trinajstić information content (AvgIpc) is 2.96. The van der Waals surface area contributed by atoms with Gasteiger partial charge >= 0.3 is 12.4 Å². The van der Waals surface area contributed by atoms with Crippen molar-refractivity contribution in [2.45, 2.75) is 26.2 Å². The first kappa shape index (κ1) is 39.5. The number of aromatic nitrogens is 2. The quantitative estimate of drug-likeness (QED) is 0.140. The Morgan fingerprint density at radius 1 is 0.694 bits per heavy atom. The molecule has 0 radical (unpaired) electrons. The first-order valence-corrected chi connectivity index (χ1v) is 13.4. The molecule has 0 unspecified atom stereocenters. The molecule has 0 aliphatic heterocycles. The van der Waals surface area contributed by atoms with Crippen molar-refractivity contribution in [1.29, 1.82) is 0 Å². The molecule has 4 aromatic rings. The highest BCUT2D eigenvalue weighted by Gasteiger charge is 2.38. The van der Waals surface area contributed by atoms with Crippen LogP contribution in [0.5, 0.6) is 0 Å². The van der Waals surface area contributed by atoms with Crippen molar-refractivity contribution in [3.8, 4) is 0 Å². The summed E-state index contributed by atoms with van der Waals surface area (Å²) in [5.41, 5.74) is 11.0. The number of carbonyl (C=O) groups excluding carboxylic acids is 4.